The number of oxazole rings is 1. The maximum Gasteiger partial charge on any atom is 0.202 e. The summed E-state index contributed by atoms with van der Waals surface area (Å²) in [7, 11) is 1.97. The number of likely N-dealkylation sites (tertiary alicyclic amines) is 1. The number of thioether (sulfide) groups is 1. The second-order valence-corrected chi connectivity index (χ2v) is 9.64. The Balaban J connectivity index is 0.00000218. The SMILES string of the molecule is Cc1ncoc1-c1nnc(SCCCN2CC3CC3(c3cccc(Cl)c3)C2)n1C.Cl. The second kappa shape index (κ2) is 8.54. The Kier molecular flexibility index (Phi) is 6.17. The first-order valence-corrected chi connectivity index (χ1v) is 11.3. The Labute approximate surface area is 191 Å². The van der Waals surface area contributed by atoms with Gasteiger partial charge in [0, 0.05) is 36.3 Å². The molecule has 3 aromatic rings. The number of aromatic nitrogens is 4. The topological polar surface area (TPSA) is 60.0 Å². The number of hydrogen-bond donors (Lipinski definition) is 0. The molecule has 1 aliphatic carbocycles. The Bertz CT molecular complexity index is 1040. The van der Waals surface area contributed by atoms with Gasteiger partial charge < -0.3 is 13.9 Å². The zero-order valence-electron chi connectivity index (χ0n) is 17.0. The van der Waals surface area contributed by atoms with Crippen molar-refractivity contribution in [1.29, 1.82) is 0 Å². The van der Waals surface area contributed by atoms with Crippen LogP contribution in [0, 0.1) is 12.8 Å². The summed E-state index contributed by atoms with van der Waals surface area (Å²) >= 11 is 7.96. The minimum absolute atomic E-state index is 0. The summed E-state index contributed by atoms with van der Waals surface area (Å²) in [6.07, 6.45) is 3.89. The van der Waals surface area contributed by atoms with Crippen molar-refractivity contribution in [2.75, 3.05) is 25.4 Å². The third-order valence-electron chi connectivity index (χ3n) is 6.25. The fraction of sp³-hybridized carbons (Fsp3) is 0.476. The van der Waals surface area contributed by atoms with E-state index in [1.807, 2.05) is 24.6 Å². The van der Waals surface area contributed by atoms with Crippen LogP contribution in [0.2, 0.25) is 5.02 Å². The molecule has 9 heteroatoms. The predicted molar refractivity (Wildman–Crippen MR) is 122 cm³/mol. The van der Waals surface area contributed by atoms with Gasteiger partial charge in [0.1, 0.15) is 0 Å². The summed E-state index contributed by atoms with van der Waals surface area (Å²) in [5.74, 6) is 3.23. The molecule has 1 saturated carbocycles. The molecule has 2 aliphatic rings. The molecular weight excluding hydrogens is 441 g/mol. The monoisotopic (exact) mass is 465 g/mol. The van der Waals surface area contributed by atoms with Crippen LogP contribution in [0.15, 0.2) is 40.2 Å². The first kappa shape index (κ1) is 21.7. The van der Waals surface area contributed by atoms with Gasteiger partial charge >= 0.3 is 0 Å². The third-order valence-corrected chi connectivity index (χ3v) is 7.59. The lowest BCUT2D eigenvalue weighted by Gasteiger charge is -2.21. The predicted octanol–water partition coefficient (Wildman–Crippen LogP) is 4.61. The Morgan fingerprint density at radius 2 is 2.20 bits per heavy atom. The highest BCUT2D eigenvalue weighted by molar-refractivity contribution is 7.99. The molecule has 160 valence electrons. The summed E-state index contributed by atoms with van der Waals surface area (Å²) in [5, 5.41) is 10.4. The number of nitrogens with zero attached hydrogens (tertiary/aromatic N) is 5. The van der Waals surface area contributed by atoms with Gasteiger partial charge in [-0.25, -0.2) is 4.98 Å². The third kappa shape index (κ3) is 3.88. The molecule has 6 nitrogen and oxygen atoms in total. The molecule has 0 radical (unpaired) electrons. The van der Waals surface area contributed by atoms with Crippen LogP contribution in [0.3, 0.4) is 0 Å². The molecule has 3 heterocycles. The molecule has 2 fully saturated rings. The van der Waals surface area contributed by atoms with E-state index in [1.54, 1.807) is 11.8 Å². The average Bonchev–Trinajstić information content (AvgIpc) is 3.01. The van der Waals surface area contributed by atoms with E-state index in [4.69, 9.17) is 16.0 Å². The number of fused-ring (bicyclic) bond motifs is 1. The van der Waals surface area contributed by atoms with Crippen molar-refractivity contribution < 1.29 is 4.42 Å². The van der Waals surface area contributed by atoms with Gasteiger partial charge in [-0.1, -0.05) is 35.5 Å². The van der Waals surface area contributed by atoms with Crippen LogP contribution in [0.25, 0.3) is 11.6 Å². The average molecular weight is 466 g/mol. The zero-order chi connectivity index (χ0) is 20.0. The van der Waals surface area contributed by atoms with E-state index in [9.17, 15) is 0 Å². The van der Waals surface area contributed by atoms with E-state index in [0.29, 0.717) is 11.2 Å². The zero-order valence-corrected chi connectivity index (χ0v) is 19.4. The highest BCUT2D eigenvalue weighted by atomic mass is 35.5. The van der Waals surface area contributed by atoms with Crippen molar-refractivity contribution in [2.24, 2.45) is 13.0 Å². The maximum absolute atomic E-state index is 6.22. The Morgan fingerprint density at radius 3 is 2.97 bits per heavy atom. The van der Waals surface area contributed by atoms with Crippen LogP contribution < -0.4 is 0 Å². The van der Waals surface area contributed by atoms with Crippen LogP contribution in [0.5, 0.6) is 0 Å². The van der Waals surface area contributed by atoms with E-state index in [2.05, 4.69) is 38.3 Å². The van der Waals surface area contributed by atoms with Crippen molar-refractivity contribution in [2.45, 2.75) is 30.3 Å². The minimum atomic E-state index is 0. The maximum atomic E-state index is 6.22. The summed E-state index contributed by atoms with van der Waals surface area (Å²) in [4.78, 5) is 6.74. The van der Waals surface area contributed by atoms with Crippen molar-refractivity contribution in [3.63, 3.8) is 0 Å². The van der Waals surface area contributed by atoms with Crippen molar-refractivity contribution in [1.82, 2.24) is 24.6 Å². The van der Waals surface area contributed by atoms with Crippen LogP contribution in [-0.4, -0.2) is 50.0 Å². The van der Waals surface area contributed by atoms with E-state index in [0.717, 1.165) is 52.9 Å². The number of aryl methyl sites for hydroxylation is 1. The molecule has 5 rings (SSSR count). The first-order chi connectivity index (χ1) is 14.1. The molecule has 1 aliphatic heterocycles. The van der Waals surface area contributed by atoms with Crippen LogP contribution in [-0.2, 0) is 12.5 Å². The normalized spacial score (nSPS) is 22.7. The van der Waals surface area contributed by atoms with E-state index < -0.39 is 0 Å². The highest BCUT2D eigenvalue weighted by Gasteiger charge is 2.60. The first-order valence-electron chi connectivity index (χ1n) is 9.98. The van der Waals surface area contributed by atoms with Gasteiger partial charge in [-0.3, -0.25) is 0 Å². The second-order valence-electron chi connectivity index (χ2n) is 8.14. The Morgan fingerprint density at radius 1 is 1.33 bits per heavy atom. The fourth-order valence-corrected chi connectivity index (χ4v) is 5.63. The van der Waals surface area contributed by atoms with E-state index in [1.165, 1.54) is 24.9 Å². The van der Waals surface area contributed by atoms with E-state index in [-0.39, 0.29) is 12.4 Å². The van der Waals surface area contributed by atoms with Crippen molar-refractivity contribution in [3.05, 3.63) is 46.9 Å². The summed E-state index contributed by atoms with van der Waals surface area (Å²) < 4.78 is 7.43. The van der Waals surface area contributed by atoms with Gasteiger partial charge in [-0.2, -0.15) is 0 Å². The van der Waals surface area contributed by atoms with Gasteiger partial charge in [0.25, 0.3) is 0 Å². The molecule has 2 atom stereocenters. The summed E-state index contributed by atoms with van der Waals surface area (Å²) in [6.45, 7) is 5.40. The van der Waals surface area contributed by atoms with Gasteiger partial charge in [-0.15, -0.1) is 22.6 Å². The highest BCUT2D eigenvalue weighted by Crippen LogP contribution is 2.59. The minimum Gasteiger partial charge on any atom is -0.440 e. The van der Waals surface area contributed by atoms with Crippen LogP contribution in [0.1, 0.15) is 24.1 Å². The molecular formula is C21H25Cl2N5OS. The smallest absolute Gasteiger partial charge is 0.202 e. The lowest BCUT2D eigenvalue weighted by Crippen LogP contribution is -2.27. The number of piperidine rings is 1. The number of halogens is 2. The fourth-order valence-electron chi connectivity index (χ4n) is 4.61. The van der Waals surface area contributed by atoms with Crippen molar-refractivity contribution >= 4 is 35.8 Å². The molecule has 0 bridgehead atoms. The molecule has 0 spiro atoms. The molecule has 0 N–H and O–H groups in total. The van der Waals surface area contributed by atoms with Gasteiger partial charge in [0.05, 0.1) is 5.69 Å². The standard InChI is InChI=1S/C21H24ClN5OS.ClH/c1-14-18(28-13-23-14)19-24-25-20(26(19)2)29-8-4-7-27-11-16-10-21(16,12-27)15-5-3-6-17(22)9-15;/h3,5-6,9,13,16H,4,7-8,10-12H2,1-2H3;1H. The van der Waals surface area contributed by atoms with Crippen LogP contribution in [0.4, 0.5) is 0 Å². The lowest BCUT2D eigenvalue weighted by molar-refractivity contribution is 0.299. The van der Waals surface area contributed by atoms with Gasteiger partial charge in [0.2, 0.25) is 5.82 Å². The van der Waals surface area contributed by atoms with Crippen LogP contribution >= 0.6 is 35.8 Å². The van der Waals surface area contributed by atoms with Crippen molar-refractivity contribution in [3.8, 4) is 11.6 Å². The van der Waals surface area contributed by atoms with E-state index >= 15 is 0 Å². The molecule has 1 saturated heterocycles. The number of rotatable bonds is 7. The number of hydrogen-bond acceptors (Lipinski definition) is 6. The molecule has 1 aromatic carbocycles. The number of benzene rings is 1. The lowest BCUT2D eigenvalue weighted by atomic mass is 9.95. The summed E-state index contributed by atoms with van der Waals surface area (Å²) in [5.41, 5.74) is 2.60. The summed E-state index contributed by atoms with van der Waals surface area (Å²) in [6, 6.07) is 8.44. The molecule has 2 unspecified atom stereocenters. The quantitative estimate of drug-likeness (QED) is 0.375. The molecule has 2 aromatic heterocycles. The van der Waals surface area contributed by atoms with Gasteiger partial charge in [0.15, 0.2) is 17.3 Å². The van der Waals surface area contributed by atoms with Gasteiger partial charge in [-0.05, 0) is 49.9 Å². The Hall–Kier alpha value is -1.54. The molecule has 0 amide bonds. The molecule has 30 heavy (non-hydrogen) atoms. The largest absolute Gasteiger partial charge is 0.440 e.